The Balaban J connectivity index is 1.85. The van der Waals surface area contributed by atoms with Crippen LogP contribution in [0.2, 0.25) is 0 Å². The molecule has 0 bridgehead atoms. The monoisotopic (exact) mass is 294 g/mol. The average molecular weight is 294 g/mol. The maximum Gasteiger partial charge on any atom is 0.241 e. The number of rotatable bonds is 4. The summed E-state index contributed by atoms with van der Waals surface area (Å²) in [6, 6.07) is 2.28. The van der Waals surface area contributed by atoms with Crippen LogP contribution in [0.15, 0.2) is 16.8 Å². The normalized spacial score (nSPS) is 32.0. The second-order valence-corrected chi connectivity index (χ2v) is 6.48. The number of nitrogens with zero attached hydrogens (tertiary/aromatic N) is 1. The largest absolute Gasteiger partial charge is 0.381 e. The lowest BCUT2D eigenvalue weighted by Crippen LogP contribution is -2.42. The summed E-state index contributed by atoms with van der Waals surface area (Å²) in [6.45, 7) is 5.83. The number of amides is 1. The lowest BCUT2D eigenvalue weighted by Gasteiger charge is -2.33. The number of carbonyl (C=O) groups excluding carboxylic acids is 1. The summed E-state index contributed by atoms with van der Waals surface area (Å²) in [5, 5.41) is 7.69. The van der Waals surface area contributed by atoms with Crippen molar-refractivity contribution < 1.29 is 9.53 Å². The Kier molecular flexibility index (Phi) is 4.10. The highest BCUT2D eigenvalue weighted by atomic mass is 32.1. The van der Waals surface area contributed by atoms with Gasteiger partial charge in [0, 0.05) is 18.6 Å². The molecule has 0 spiro atoms. The molecular weight excluding hydrogens is 272 g/mol. The fourth-order valence-corrected chi connectivity index (χ4v) is 3.90. The molecule has 1 amide bonds. The van der Waals surface area contributed by atoms with Crippen molar-refractivity contribution in [2.45, 2.75) is 44.9 Å². The van der Waals surface area contributed by atoms with E-state index in [4.69, 9.17) is 4.74 Å². The van der Waals surface area contributed by atoms with Crippen molar-refractivity contribution in [3.05, 3.63) is 22.4 Å². The van der Waals surface area contributed by atoms with Crippen LogP contribution in [0.4, 0.5) is 0 Å². The summed E-state index contributed by atoms with van der Waals surface area (Å²) >= 11 is 1.68. The van der Waals surface area contributed by atoms with Gasteiger partial charge in [0.15, 0.2) is 0 Å². The van der Waals surface area contributed by atoms with Crippen molar-refractivity contribution in [2.75, 3.05) is 13.2 Å². The first kappa shape index (κ1) is 14.0. The molecular formula is C15H22N2O2S. The number of carbonyl (C=O) groups is 1. The van der Waals surface area contributed by atoms with Crippen LogP contribution in [0.5, 0.6) is 0 Å². The van der Waals surface area contributed by atoms with Crippen LogP contribution in [-0.2, 0) is 9.53 Å². The van der Waals surface area contributed by atoms with Crippen molar-refractivity contribution in [1.29, 1.82) is 0 Å². The van der Waals surface area contributed by atoms with E-state index < -0.39 is 0 Å². The summed E-state index contributed by atoms with van der Waals surface area (Å²) in [4.78, 5) is 14.7. The fraction of sp³-hybridized carbons (Fsp3) is 0.667. The highest BCUT2D eigenvalue weighted by Crippen LogP contribution is 2.33. The van der Waals surface area contributed by atoms with Crippen LogP contribution in [-0.4, -0.2) is 36.1 Å². The average Bonchev–Trinajstić information content (AvgIpc) is 3.19. The van der Waals surface area contributed by atoms with E-state index in [-0.39, 0.29) is 24.2 Å². The minimum atomic E-state index is -0.0512. The minimum Gasteiger partial charge on any atom is -0.381 e. The van der Waals surface area contributed by atoms with Crippen molar-refractivity contribution >= 4 is 17.2 Å². The van der Waals surface area contributed by atoms with Crippen molar-refractivity contribution in [2.24, 2.45) is 5.92 Å². The van der Waals surface area contributed by atoms with Gasteiger partial charge in [0.25, 0.3) is 0 Å². The van der Waals surface area contributed by atoms with Gasteiger partial charge in [0.05, 0.1) is 12.6 Å². The molecule has 20 heavy (non-hydrogen) atoms. The second kappa shape index (κ2) is 5.84. The van der Waals surface area contributed by atoms with Crippen molar-refractivity contribution in [3.63, 3.8) is 0 Å². The number of hydrogen-bond donors (Lipinski definition) is 1. The lowest BCUT2D eigenvalue weighted by molar-refractivity contribution is -0.133. The van der Waals surface area contributed by atoms with Crippen LogP contribution >= 0.6 is 11.3 Å². The van der Waals surface area contributed by atoms with E-state index in [9.17, 15) is 4.79 Å². The molecule has 4 unspecified atom stereocenters. The van der Waals surface area contributed by atoms with E-state index in [1.54, 1.807) is 11.3 Å². The molecule has 1 aromatic rings. The smallest absolute Gasteiger partial charge is 0.241 e. The molecule has 3 rings (SSSR count). The fourth-order valence-electron chi connectivity index (χ4n) is 3.23. The highest BCUT2D eigenvalue weighted by Gasteiger charge is 2.43. The maximum atomic E-state index is 12.7. The molecule has 110 valence electrons. The first-order valence-corrected chi connectivity index (χ1v) is 8.34. The minimum absolute atomic E-state index is 0.0225. The standard InChI is InChI=1S/C15H22N2O2S/c1-3-13-15(18)17(10(2)11-4-6-19-8-11)14(16-13)12-5-7-20-9-12/h5,7,9-11,13-14,16H,3-4,6,8H2,1-2H3. The van der Waals surface area contributed by atoms with Gasteiger partial charge in [-0.25, -0.2) is 0 Å². The summed E-state index contributed by atoms with van der Waals surface area (Å²) in [7, 11) is 0. The summed E-state index contributed by atoms with van der Waals surface area (Å²) < 4.78 is 5.50. The Morgan fingerprint density at radius 2 is 2.45 bits per heavy atom. The molecule has 0 aromatic carbocycles. The Morgan fingerprint density at radius 1 is 1.60 bits per heavy atom. The van der Waals surface area contributed by atoms with Crippen molar-refractivity contribution in [1.82, 2.24) is 10.2 Å². The predicted molar refractivity (Wildman–Crippen MR) is 79.5 cm³/mol. The van der Waals surface area contributed by atoms with Crippen LogP contribution in [0.25, 0.3) is 0 Å². The van der Waals surface area contributed by atoms with E-state index in [1.165, 1.54) is 5.56 Å². The van der Waals surface area contributed by atoms with Gasteiger partial charge in [-0.15, -0.1) is 0 Å². The first-order valence-electron chi connectivity index (χ1n) is 7.40. The van der Waals surface area contributed by atoms with Gasteiger partial charge in [0.2, 0.25) is 5.91 Å². The first-order chi connectivity index (χ1) is 9.72. The Labute approximate surface area is 124 Å². The quantitative estimate of drug-likeness (QED) is 0.927. The third kappa shape index (κ3) is 2.38. The van der Waals surface area contributed by atoms with E-state index >= 15 is 0 Å². The van der Waals surface area contributed by atoms with E-state index in [1.807, 2.05) is 0 Å². The topological polar surface area (TPSA) is 41.6 Å². The number of thiophene rings is 1. The lowest BCUT2D eigenvalue weighted by atomic mass is 9.98. The third-order valence-electron chi connectivity index (χ3n) is 4.54. The predicted octanol–water partition coefficient (Wildman–Crippen LogP) is 2.38. The van der Waals surface area contributed by atoms with Crippen LogP contribution in [0.3, 0.4) is 0 Å². The zero-order chi connectivity index (χ0) is 14.1. The van der Waals surface area contributed by atoms with Crippen molar-refractivity contribution in [3.8, 4) is 0 Å². The van der Waals surface area contributed by atoms with Gasteiger partial charge in [-0.3, -0.25) is 10.1 Å². The van der Waals surface area contributed by atoms with Gasteiger partial charge in [-0.1, -0.05) is 6.92 Å². The molecule has 5 heteroatoms. The molecule has 3 heterocycles. The maximum absolute atomic E-state index is 12.7. The summed E-state index contributed by atoms with van der Waals surface area (Å²) in [6.07, 6.45) is 1.91. The van der Waals surface area contributed by atoms with E-state index in [0.717, 1.165) is 26.1 Å². The van der Waals surface area contributed by atoms with Gasteiger partial charge >= 0.3 is 0 Å². The van der Waals surface area contributed by atoms with Crippen LogP contribution in [0, 0.1) is 5.92 Å². The molecule has 2 aliphatic rings. The Hall–Kier alpha value is -0.910. The highest BCUT2D eigenvalue weighted by molar-refractivity contribution is 7.07. The molecule has 1 N–H and O–H groups in total. The second-order valence-electron chi connectivity index (χ2n) is 5.70. The summed E-state index contributed by atoms with van der Waals surface area (Å²) in [5.74, 6) is 0.695. The SMILES string of the molecule is CCC1NC(c2ccsc2)N(C(C)C2CCOC2)C1=O. The molecule has 0 aliphatic carbocycles. The molecule has 0 saturated carbocycles. The zero-order valence-corrected chi connectivity index (χ0v) is 12.9. The molecule has 2 fully saturated rings. The van der Waals surface area contributed by atoms with Crippen LogP contribution in [0.1, 0.15) is 38.4 Å². The number of nitrogens with one attached hydrogen (secondary N) is 1. The zero-order valence-electron chi connectivity index (χ0n) is 12.0. The Morgan fingerprint density at radius 3 is 3.05 bits per heavy atom. The summed E-state index contributed by atoms with van der Waals surface area (Å²) in [5.41, 5.74) is 1.20. The van der Waals surface area contributed by atoms with Gasteiger partial charge < -0.3 is 9.64 Å². The van der Waals surface area contributed by atoms with Gasteiger partial charge in [0.1, 0.15) is 6.17 Å². The van der Waals surface area contributed by atoms with E-state index in [2.05, 4.69) is 40.9 Å². The molecule has 4 nitrogen and oxygen atoms in total. The third-order valence-corrected chi connectivity index (χ3v) is 5.24. The number of hydrogen-bond acceptors (Lipinski definition) is 4. The molecule has 2 saturated heterocycles. The molecule has 0 radical (unpaired) electrons. The Bertz CT molecular complexity index is 456. The molecule has 2 aliphatic heterocycles. The molecule has 1 aromatic heterocycles. The van der Waals surface area contributed by atoms with E-state index in [0.29, 0.717) is 5.92 Å². The number of ether oxygens (including phenoxy) is 1. The molecule has 4 atom stereocenters. The van der Waals surface area contributed by atoms with Gasteiger partial charge in [-0.05, 0) is 42.2 Å². The van der Waals surface area contributed by atoms with Gasteiger partial charge in [-0.2, -0.15) is 11.3 Å². The van der Waals surface area contributed by atoms with Crippen LogP contribution < -0.4 is 5.32 Å².